The summed E-state index contributed by atoms with van der Waals surface area (Å²) in [5, 5.41) is 7.52. The maximum atomic E-state index is 2.47. The lowest BCUT2D eigenvalue weighted by Gasteiger charge is -2.28. The zero-order valence-corrected chi connectivity index (χ0v) is 29.2. The van der Waals surface area contributed by atoms with Crippen molar-refractivity contribution >= 4 is 70.1 Å². The van der Waals surface area contributed by atoms with Gasteiger partial charge in [-0.05, 0) is 92.0 Å². The first-order valence-electron chi connectivity index (χ1n) is 17.8. The maximum absolute atomic E-state index is 2.47. The van der Waals surface area contributed by atoms with Crippen molar-refractivity contribution in [2.24, 2.45) is 0 Å². The topological polar surface area (TPSA) is 3.24 Å². The summed E-state index contributed by atoms with van der Waals surface area (Å²) in [5.74, 6) is 0. The average molecular weight is 680 g/mol. The van der Waals surface area contributed by atoms with Gasteiger partial charge < -0.3 is 4.90 Å². The summed E-state index contributed by atoms with van der Waals surface area (Å²) in [6.45, 7) is 0. The van der Waals surface area contributed by atoms with E-state index in [0.29, 0.717) is 0 Å². The van der Waals surface area contributed by atoms with Crippen molar-refractivity contribution in [1.82, 2.24) is 0 Å². The van der Waals surface area contributed by atoms with Gasteiger partial charge in [0.25, 0.3) is 0 Å². The molecular weight excluding hydrogens is 647 g/mol. The molecule has 10 rings (SSSR count). The molecule has 0 bridgehead atoms. The monoisotopic (exact) mass is 679 g/mol. The molecule has 0 aliphatic carbocycles. The summed E-state index contributed by atoms with van der Waals surface area (Å²) in [6, 6.07) is 72.9. The van der Waals surface area contributed by atoms with Gasteiger partial charge in [-0.25, -0.2) is 0 Å². The third-order valence-corrected chi connectivity index (χ3v) is 11.5. The Kier molecular flexibility index (Phi) is 7.41. The zero-order valence-electron chi connectivity index (χ0n) is 28.4. The van der Waals surface area contributed by atoms with Crippen LogP contribution in [0.2, 0.25) is 0 Å². The van der Waals surface area contributed by atoms with E-state index in [1.807, 2.05) is 11.3 Å². The van der Waals surface area contributed by atoms with Crippen LogP contribution in [0.4, 0.5) is 17.1 Å². The summed E-state index contributed by atoms with van der Waals surface area (Å²) >= 11 is 1.87. The van der Waals surface area contributed by atoms with Gasteiger partial charge in [0.05, 0.1) is 16.1 Å². The van der Waals surface area contributed by atoms with E-state index >= 15 is 0 Å². The Morgan fingerprint density at radius 3 is 1.56 bits per heavy atom. The Morgan fingerprint density at radius 2 is 0.865 bits per heavy atom. The van der Waals surface area contributed by atoms with Crippen LogP contribution in [-0.4, -0.2) is 0 Å². The second kappa shape index (κ2) is 12.7. The van der Waals surface area contributed by atoms with E-state index in [4.69, 9.17) is 0 Å². The third-order valence-electron chi connectivity index (χ3n) is 10.3. The van der Waals surface area contributed by atoms with Gasteiger partial charge in [0, 0.05) is 26.5 Å². The van der Waals surface area contributed by atoms with Crippen molar-refractivity contribution in [2.45, 2.75) is 0 Å². The summed E-state index contributed by atoms with van der Waals surface area (Å²) in [5.41, 5.74) is 10.8. The largest absolute Gasteiger partial charge is 0.308 e. The van der Waals surface area contributed by atoms with E-state index < -0.39 is 0 Å². The summed E-state index contributed by atoms with van der Waals surface area (Å²) in [7, 11) is 0. The number of nitrogens with zero attached hydrogens (tertiary/aromatic N) is 1. The SMILES string of the molecule is c1ccc(-c2cc3ccccc3cc2-c2ccc(N(c3ccc(-c4ccccc4)c4ccccc34)c3cccc4c3sc3ccccc34)cc2)cc1. The Balaban J connectivity index is 1.19. The molecule has 10 aromatic rings. The molecule has 244 valence electrons. The van der Waals surface area contributed by atoms with Crippen LogP contribution < -0.4 is 4.90 Å². The number of fused-ring (bicyclic) bond motifs is 5. The number of hydrogen-bond acceptors (Lipinski definition) is 2. The molecule has 0 radical (unpaired) electrons. The minimum atomic E-state index is 1.12. The van der Waals surface area contributed by atoms with Gasteiger partial charge in [-0.15, -0.1) is 11.3 Å². The van der Waals surface area contributed by atoms with Crippen molar-refractivity contribution < 1.29 is 0 Å². The highest BCUT2D eigenvalue weighted by Crippen LogP contribution is 2.48. The minimum absolute atomic E-state index is 1.12. The first-order valence-corrected chi connectivity index (χ1v) is 18.6. The Labute approximate surface area is 307 Å². The molecule has 52 heavy (non-hydrogen) atoms. The highest BCUT2D eigenvalue weighted by molar-refractivity contribution is 7.26. The van der Waals surface area contributed by atoms with Crippen molar-refractivity contribution in [3.05, 3.63) is 200 Å². The molecule has 0 N–H and O–H groups in total. The molecule has 0 atom stereocenters. The molecule has 0 spiro atoms. The van der Waals surface area contributed by atoms with Crippen LogP contribution in [0, 0.1) is 0 Å². The van der Waals surface area contributed by atoms with Gasteiger partial charge in [0.15, 0.2) is 0 Å². The lowest BCUT2D eigenvalue weighted by molar-refractivity contribution is 1.32. The van der Waals surface area contributed by atoms with E-state index in [0.717, 1.165) is 11.4 Å². The molecular formula is C50H33NS. The highest BCUT2D eigenvalue weighted by atomic mass is 32.1. The van der Waals surface area contributed by atoms with Gasteiger partial charge in [-0.1, -0.05) is 158 Å². The molecule has 0 saturated carbocycles. The molecule has 0 unspecified atom stereocenters. The van der Waals surface area contributed by atoms with Gasteiger partial charge in [-0.3, -0.25) is 0 Å². The number of benzene rings is 9. The van der Waals surface area contributed by atoms with Crippen molar-refractivity contribution in [3.63, 3.8) is 0 Å². The minimum Gasteiger partial charge on any atom is -0.308 e. The molecule has 0 aliphatic rings. The Hall–Kier alpha value is -6.48. The van der Waals surface area contributed by atoms with Gasteiger partial charge in [-0.2, -0.15) is 0 Å². The van der Waals surface area contributed by atoms with Gasteiger partial charge >= 0.3 is 0 Å². The summed E-state index contributed by atoms with van der Waals surface area (Å²) < 4.78 is 2.58. The fourth-order valence-corrected chi connectivity index (χ4v) is 9.00. The first kappa shape index (κ1) is 30.4. The number of thiophene rings is 1. The summed E-state index contributed by atoms with van der Waals surface area (Å²) in [6.07, 6.45) is 0. The maximum Gasteiger partial charge on any atom is 0.0640 e. The van der Waals surface area contributed by atoms with Gasteiger partial charge in [0.1, 0.15) is 0 Å². The molecule has 1 heterocycles. The number of rotatable bonds is 6. The normalized spacial score (nSPS) is 11.5. The number of hydrogen-bond donors (Lipinski definition) is 0. The average Bonchev–Trinajstić information content (AvgIpc) is 3.61. The van der Waals surface area contributed by atoms with E-state index in [9.17, 15) is 0 Å². The molecule has 0 amide bonds. The standard InChI is InChI=1S/C50H33NS/c1-3-14-34(15-4-1)40-30-31-47(42-21-10-9-20-41(40)42)51(48-24-13-23-44-43-22-11-12-25-49(43)52-50(44)48)39-28-26-36(27-29-39)46-33-38-19-8-7-18-37(38)32-45(46)35-16-5-2-6-17-35/h1-33H. The van der Waals surface area contributed by atoms with Crippen molar-refractivity contribution in [3.8, 4) is 33.4 Å². The fraction of sp³-hybridized carbons (Fsp3) is 0. The predicted molar refractivity (Wildman–Crippen MR) is 225 cm³/mol. The highest BCUT2D eigenvalue weighted by Gasteiger charge is 2.21. The van der Waals surface area contributed by atoms with E-state index in [-0.39, 0.29) is 0 Å². The second-order valence-corrected chi connectivity index (χ2v) is 14.3. The molecule has 2 heteroatoms. The van der Waals surface area contributed by atoms with E-state index in [1.165, 1.54) is 80.8 Å². The lowest BCUT2D eigenvalue weighted by atomic mass is 9.91. The van der Waals surface area contributed by atoms with Crippen LogP contribution in [0.5, 0.6) is 0 Å². The van der Waals surface area contributed by atoms with Crippen LogP contribution in [0.3, 0.4) is 0 Å². The molecule has 0 aliphatic heterocycles. The van der Waals surface area contributed by atoms with Crippen LogP contribution in [-0.2, 0) is 0 Å². The molecule has 9 aromatic carbocycles. The molecule has 1 aromatic heterocycles. The molecule has 0 fully saturated rings. The van der Waals surface area contributed by atoms with Crippen molar-refractivity contribution in [2.75, 3.05) is 4.90 Å². The molecule has 0 saturated heterocycles. The van der Waals surface area contributed by atoms with Crippen LogP contribution in [0.15, 0.2) is 200 Å². The second-order valence-electron chi connectivity index (χ2n) is 13.3. The van der Waals surface area contributed by atoms with Gasteiger partial charge in [0.2, 0.25) is 0 Å². The smallest absolute Gasteiger partial charge is 0.0640 e. The van der Waals surface area contributed by atoms with Crippen LogP contribution in [0.1, 0.15) is 0 Å². The predicted octanol–water partition coefficient (Wildman–Crippen LogP) is 14.8. The third kappa shape index (κ3) is 5.16. The molecule has 1 nitrogen and oxygen atoms in total. The zero-order chi connectivity index (χ0) is 34.4. The quantitative estimate of drug-likeness (QED) is 0.169. The Morgan fingerprint density at radius 1 is 0.327 bits per heavy atom. The van der Waals surface area contributed by atoms with E-state index in [1.54, 1.807) is 0 Å². The first-order chi connectivity index (χ1) is 25.8. The summed E-state index contributed by atoms with van der Waals surface area (Å²) in [4.78, 5) is 2.47. The number of anilines is 3. The van der Waals surface area contributed by atoms with Crippen LogP contribution >= 0.6 is 11.3 Å². The Bertz CT molecular complexity index is 2890. The van der Waals surface area contributed by atoms with E-state index in [2.05, 4.69) is 205 Å². The lowest BCUT2D eigenvalue weighted by Crippen LogP contribution is -2.11. The van der Waals surface area contributed by atoms with Crippen LogP contribution in [0.25, 0.3) is 75.1 Å². The van der Waals surface area contributed by atoms with Crippen molar-refractivity contribution in [1.29, 1.82) is 0 Å². The fourth-order valence-electron chi connectivity index (χ4n) is 7.79.